The van der Waals surface area contributed by atoms with Gasteiger partial charge < -0.3 is 9.64 Å². The number of para-hydroxylation sites is 2. The van der Waals surface area contributed by atoms with E-state index in [0.717, 1.165) is 11.3 Å². The molecular weight excluding hydrogens is 278 g/mol. The van der Waals surface area contributed by atoms with E-state index in [0.29, 0.717) is 5.75 Å². The Bertz CT molecular complexity index is 726. The molecule has 1 unspecified atom stereocenters. The van der Waals surface area contributed by atoms with Crippen molar-refractivity contribution in [3.63, 3.8) is 0 Å². The van der Waals surface area contributed by atoms with Gasteiger partial charge in [-0.1, -0.05) is 36.4 Å². The Balaban J connectivity index is 1.85. The number of hydrogen-bond donors (Lipinski definition) is 0. The highest BCUT2D eigenvalue weighted by atomic mass is 16.5. The third kappa shape index (κ3) is 2.26. The summed E-state index contributed by atoms with van der Waals surface area (Å²) in [5.74, 6) is -0.00551. The van der Waals surface area contributed by atoms with Crippen molar-refractivity contribution in [2.75, 3.05) is 11.9 Å². The Morgan fingerprint density at radius 1 is 1.09 bits per heavy atom. The number of rotatable bonds is 3. The van der Waals surface area contributed by atoms with Crippen molar-refractivity contribution in [2.24, 2.45) is 0 Å². The summed E-state index contributed by atoms with van der Waals surface area (Å²) in [6.45, 7) is 1.80. The number of esters is 1. The van der Waals surface area contributed by atoms with Crippen LogP contribution in [0.1, 0.15) is 18.9 Å². The van der Waals surface area contributed by atoms with Gasteiger partial charge in [-0.3, -0.25) is 9.59 Å². The van der Waals surface area contributed by atoms with Gasteiger partial charge in [-0.15, -0.1) is 0 Å². The highest BCUT2D eigenvalue weighted by Gasteiger charge is 2.47. The van der Waals surface area contributed by atoms with E-state index in [-0.39, 0.29) is 12.3 Å². The summed E-state index contributed by atoms with van der Waals surface area (Å²) in [6.07, 6.45) is 0.0160. The van der Waals surface area contributed by atoms with Gasteiger partial charge in [0.05, 0.1) is 11.8 Å². The molecule has 0 spiro atoms. The highest BCUT2D eigenvalue weighted by molar-refractivity contribution is 6.09. The molecular formula is C18H17NO3. The lowest BCUT2D eigenvalue weighted by Gasteiger charge is -2.22. The molecule has 0 aliphatic carbocycles. The number of hydrogen-bond acceptors (Lipinski definition) is 3. The van der Waals surface area contributed by atoms with Crippen molar-refractivity contribution in [1.29, 1.82) is 0 Å². The summed E-state index contributed by atoms with van der Waals surface area (Å²) in [5.41, 5.74) is 0.840. The SMILES string of the molecule is CN1C(=O)C(C)(CC(=O)Oc2ccccc2)c2ccccc21. The normalized spacial score (nSPS) is 19.9. The molecule has 4 nitrogen and oxygen atoms in total. The van der Waals surface area contributed by atoms with Crippen LogP contribution in [0.2, 0.25) is 0 Å². The molecule has 1 aliphatic rings. The molecule has 0 N–H and O–H groups in total. The van der Waals surface area contributed by atoms with Gasteiger partial charge in [0.25, 0.3) is 0 Å². The fourth-order valence-corrected chi connectivity index (χ4v) is 2.94. The minimum Gasteiger partial charge on any atom is -0.426 e. The first kappa shape index (κ1) is 14.3. The first-order valence-electron chi connectivity index (χ1n) is 7.16. The zero-order valence-electron chi connectivity index (χ0n) is 12.6. The van der Waals surface area contributed by atoms with Crippen molar-refractivity contribution in [3.8, 4) is 5.75 Å². The van der Waals surface area contributed by atoms with E-state index in [1.807, 2.05) is 30.3 Å². The number of nitrogens with zero attached hydrogens (tertiary/aromatic N) is 1. The molecule has 0 aromatic heterocycles. The number of anilines is 1. The molecule has 0 fully saturated rings. The van der Waals surface area contributed by atoms with Crippen molar-refractivity contribution >= 4 is 17.6 Å². The Labute approximate surface area is 129 Å². The molecule has 0 saturated carbocycles. The molecule has 1 aliphatic heterocycles. The zero-order chi connectivity index (χ0) is 15.7. The quantitative estimate of drug-likeness (QED) is 0.646. The first-order chi connectivity index (χ1) is 10.5. The van der Waals surface area contributed by atoms with E-state index in [1.165, 1.54) is 0 Å². The molecule has 2 aromatic carbocycles. The summed E-state index contributed by atoms with van der Waals surface area (Å²) in [6, 6.07) is 16.4. The van der Waals surface area contributed by atoms with Gasteiger partial charge in [0.2, 0.25) is 5.91 Å². The molecule has 1 heterocycles. The molecule has 2 aromatic rings. The number of carbonyl (C=O) groups excluding carboxylic acids is 2. The Morgan fingerprint density at radius 2 is 1.73 bits per heavy atom. The fourth-order valence-electron chi connectivity index (χ4n) is 2.94. The molecule has 0 bridgehead atoms. The molecule has 3 rings (SSSR count). The summed E-state index contributed by atoms with van der Waals surface area (Å²) in [4.78, 5) is 26.4. The van der Waals surface area contributed by atoms with Gasteiger partial charge in [-0.05, 0) is 30.7 Å². The molecule has 0 saturated heterocycles. The summed E-state index contributed by atoms with van der Waals surface area (Å²) in [7, 11) is 1.73. The molecule has 1 amide bonds. The molecule has 1 atom stereocenters. The van der Waals surface area contributed by atoms with Crippen molar-refractivity contribution in [1.82, 2.24) is 0 Å². The fraction of sp³-hybridized carbons (Fsp3) is 0.222. The predicted octanol–water partition coefficient (Wildman–Crippen LogP) is 2.92. The predicted molar refractivity (Wildman–Crippen MR) is 83.9 cm³/mol. The van der Waals surface area contributed by atoms with E-state index < -0.39 is 11.4 Å². The topological polar surface area (TPSA) is 46.6 Å². The molecule has 0 radical (unpaired) electrons. The Hall–Kier alpha value is -2.62. The second-order valence-electron chi connectivity index (χ2n) is 5.68. The average molecular weight is 295 g/mol. The first-order valence-corrected chi connectivity index (χ1v) is 7.16. The van der Waals surface area contributed by atoms with Gasteiger partial charge in [0.1, 0.15) is 5.75 Å². The van der Waals surface area contributed by atoms with Gasteiger partial charge in [0.15, 0.2) is 0 Å². The summed E-state index contributed by atoms with van der Waals surface area (Å²) >= 11 is 0. The number of carbonyl (C=O) groups is 2. The number of benzene rings is 2. The van der Waals surface area contributed by atoms with Crippen molar-refractivity contribution in [3.05, 3.63) is 60.2 Å². The van der Waals surface area contributed by atoms with Crippen LogP contribution in [0.3, 0.4) is 0 Å². The third-order valence-electron chi connectivity index (χ3n) is 4.11. The number of fused-ring (bicyclic) bond motifs is 1. The van der Waals surface area contributed by atoms with Gasteiger partial charge in [-0.25, -0.2) is 0 Å². The summed E-state index contributed by atoms with van der Waals surface area (Å²) < 4.78 is 5.33. The van der Waals surface area contributed by atoms with E-state index in [1.54, 1.807) is 43.1 Å². The van der Waals surface area contributed by atoms with Crippen LogP contribution in [0.15, 0.2) is 54.6 Å². The van der Waals surface area contributed by atoms with Crippen LogP contribution in [0, 0.1) is 0 Å². The largest absolute Gasteiger partial charge is 0.426 e. The van der Waals surface area contributed by atoms with Crippen LogP contribution >= 0.6 is 0 Å². The van der Waals surface area contributed by atoms with Gasteiger partial charge in [-0.2, -0.15) is 0 Å². The lowest BCUT2D eigenvalue weighted by molar-refractivity contribution is -0.138. The van der Waals surface area contributed by atoms with Crippen LogP contribution in [0.5, 0.6) is 5.75 Å². The number of amides is 1. The molecule has 22 heavy (non-hydrogen) atoms. The second-order valence-corrected chi connectivity index (χ2v) is 5.68. The lowest BCUT2D eigenvalue weighted by Crippen LogP contribution is -2.38. The number of ether oxygens (including phenoxy) is 1. The smallest absolute Gasteiger partial charge is 0.312 e. The van der Waals surface area contributed by atoms with Crippen LogP contribution in [-0.4, -0.2) is 18.9 Å². The lowest BCUT2D eigenvalue weighted by atomic mass is 9.81. The molecule has 112 valence electrons. The average Bonchev–Trinajstić information content (AvgIpc) is 2.71. The van der Waals surface area contributed by atoms with Crippen LogP contribution < -0.4 is 9.64 Å². The van der Waals surface area contributed by atoms with Crippen LogP contribution in [0.4, 0.5) is 5.69 Å². The highest BCUT2D eigenvalue weighted by Crippen LogP contribution is 2.43. The monoisotopic (exact) mass is 295 g/mol. The maximum atomic E-state index is 12.6. The maximum absolute atomic E-state index is 12.6. The minimum atomic E-state index is -0.878. The van der Waals surface area contributed by atoms with E-state index in [4.69, 9.17) is 4.74 Å². The standard InChI is InChI=1S/C18H17NO3/c1-18(12-16(20)22-13-8-4-3-5-9-13)14-10-6-7-11-15(14)19(2)17(18)21/h3-11H,12H2,1-2H3. The van der Waals surface area contributed by atoms with E-state index >= 15 is 0 Å². The minimum absolute atomic E-state index is 0.0160. The summed E-state index contributed by atoms with van der Waals surface area (Å²) in [5, 5.41) is 0. The Kier molecular flexibility index (Phi) is 3.45. The second kappa shape index (κ2) is 5.30. The molecule has 4 heteroatoms. The number of likely N-dealkylation sites (N-methyl/N-ethyl adjacent to an activating group) is 1. The maximum Gasteiger partial charge on any atom is 0.312 e. The van der Waals surface area contributed by atoms with Crippen molar-refractivity contribution < 1.29 is 14.3 Å². The van der Waals surface area contributed by atoms with Gasteiger partial charge in [0, 0.05) is 12.7 Å². The van der Waals surface area contributed by atoms with E-state index in [9.17, 15) is 9.59 Å². The van der Waals surface area contributed by atoms with Crippen LogP contribution in [-0.2, 0) is 15.0 Å². The van der Waals surface area contributed by atoms with Crippen LogP contribution in [0.25, 0.3) is 0 Å². The van der Waals surface area contributed by atoms with Gasteiger partial charge >= 0.3 is 5.97 Å². The zero-order valence-corrected chi connectivity index (χ0v) is 12.6. The van der Waals surface area contributed by atoms with E-state index in [2.05, 4.69) is 0 Å². The van der Waals surface area contributed by atoms with Crippen molar-refractivity contribution in [2.45, 2.75) is 18.8 Å². The Morgan fingerprint density at radius 3 is 2.45 bits per heavy atom. The third-order valence-corrected chi connectivity index (χ3v) is 4.11.